The number of benzene rings is 3. The maximum atomic E-state index is 14.0. The second-order valence-electron chi connectivity index (χ2n) is 9.89. The standard InChI is InChI=1S/C29H32BrCl2N3O4S/c1-19(2)16-33-29(37)21(4)34(17-22-6-5-7-23(30)14-22)28(36)18-35(27-15-24(31)10-13-26(27)32)40(38,39)25-11-8-20(3)9-12-25/h5-15,19,21H,16-18H2,1-4H3,(H,33,37). The van der Waals surface area contributed by atoms with Crippen LogP contribution in [0.2, 0.25) is 10.0 Å². The number of aryl methyl sites for hydroxylation is 1. The maximum absolute atomic E-state index is 14.0. The van der Waals surface area contributed by atoms with E-state index in [1.807, 2.05) is 45.0 Å². The van der Waals surface area contributed by atoms with E-state index in [-0.39, 0.29) is 39.0 Å². The van der Waals surface area contributed by atoms with Crippen molar-refractivity contribution in [1.29, 1.82) is 0 Å². The molecule has 3 rings (SSSR count). The molecule has 214 valence electrons. The van der Waals surface area contributed by atoms with E-state index in [9.17, 15) is 18.0 Å². The lowest BCUT2D eigenvalue weighted by Crippen LogP contribution is -2.51. The number of carbonyl (C=O) groups is 2. The molecule has 0 saturated carbocycles. The molecule has 0 saturated heterocycles. The number of halogens is 3. The Hall–Kier alpha value is -2.59. The zero-order chi connectivity index (χ0) is 29.6. The summed E-state index contributed by atoms with van der Waals surface area (Å²) in [6.45, 7) is 7.32. The summed E-state index contributed by atoms with van der Waals surface area (Å²) in [7, 11) is -4.25. The minimum absolute atomic E-state index is 0.0109. The molecule has 0 aliphatic heterocycles. The van der Waals surface area contributed by atoms with Gasteiger partial charge in [0.05, 0.1) is 15.6 Å². The van der Waals surface area contributed by atoms with Crippen molar-refractivity contribution in [3.63, 3.8) is 0 Å². The van der Waals surface area contributed by atoms with Gasteiger partial charge < -0.3 is 10.2 Å². The molecule has 40 heavy (non-hydrogen) atoms. The molecule has 0 radical (unpaired) electrons. The zero-order valence-corrected chi connectivity index (χ0v) is 26.6. The van der Waals surface area contributed by atoms with E-state index in [0.29, 0.717) is 6.54 Å². The molecule has 0 aliphatic rings. The minimum Gasteiger partial charge on any atom is -0.354 e. The molecule has 1 atom stereocenters. The fraction of sp³-hybridized carbons (Fsp3) is 0.310. The molecule has 7 nitrogen and oxygen atoms in total. The molecule has 11 heteroatoms. The highest BCUT2D eigenvalue weighted by Gasteiger charge is 2.33. The molecule has 0 heterocycles. The summed E-state index contributed by atoms with van der Waals surface area (Å²) in [4.78, 5) is 28.4. The van der Waals surface area contributed by atoms with E-state index in [2.05, 4.69) is 21.2 Å². The SMILES string of the molecule is Cc1ccc(S(=O)(=O)N(CC(=O)N(Cc2cccc(Br)c2)C(C)C(=O)NCC(C)C)c2cc(Cl)ccc2Cl)cc1. The Balaban J connectivity index is 2.06. The Morgan fingerprint density at radius 3 is 2.27 bits per heavy atom. The fourth-order valence-corrected chi connectivity index (χ4v) is 6.20. The summed E-state index contributed by atoms with van der Waals surface area (Å²) in [5.74, 6) is -0.713. The Kier molecular flexibility index (Phi) is 11.1. The number of nitrogens with one attached hydrogen (secondary N) is 1. The van der Waals surface area contributed by atoms with Crippen LogP contribution in [-0.4, -0.2) is 44.3 Å². The van der Waals surface area contributed by atoms with Gasteiger partial charge in [0.2, 0.25) is 11.8 Å². The van der Waals surface area contributed by atoms with Crippen molar-refractivity contribution in [2.75, 3.05) is 17.4 Å². The summed E-state index contributed by atoms with van der Waals surface area (Å²) in [5, 5.41) is 3.22. The largest absolute Gasteiger partial charge is 0.354 e. The van der Waals surface area contributed by atoms with Gasteiger partial charge in [-0.05, 0) is 67.8 Å². The van der Waals surface area contributed by atoms with Gasteiger partial charge in [0.1, 0.15) is 12.6 Å². The third-order valence-corrected chi connectivity index (χ3v) is 8.98. The lowest BCUT2D eigenvalue weighted by molar-refractivity contribution is -0.139. The van der Waals surface area contributed by atoms with Crippen LogP contribution in [0, 0.1) is 12.8 Å². The van der Waals surface area contributed by atoms with E-state index in [1.54, 1.807) is 19.1 Å². The van der Waals surface area contributed by atoms with Crippen LogP contribution in [0.1, 0.15) is 31.9 Å². The zero-order valence-electron chi connectivity index (χ0n) is 22.7. The summed E-state index contributed by atoms with van der Waals surface area (Å²) in [6, 6.07) is 17.2. The van der Waals surface area contributed by atoms with Gasteiger partial charge in [-0.2, -0.15) is 0 Å². The second kappa shape index (κ2) is 13.9. The fourth-order valence-electron chi connectivity index (χ4n) is 3.89. The monoisotopic (exact) mass is 667 g/mol. The third-order valence-electron chi connectivity index (χ3n) is 6.16. The third kappa shape index (κ3) is 8.22. The maximum Gasteiger partial charge on any atom is 0.264 e. The van der Waals surface area contributed by atoms with Crippen LogP contribution in [0.4, 0.5) is 5.69 Å². The van der Waals surface area contributed by atoms with Crippen LogP contribution in [0.5, 0.6) is 0 Å². The Morgan fingerprint density at radius 1 is 0.975 bits per heavy atom. The first-order valence-electron chi connectivity index (χ1n) is 12.7. The van der Waals surface area contributed by atoms with Gasteiger partial charge in [-0.3, -0.25) is 13.9 Å². The second-order valence-corrected chi connectivity index (χ2v) is 13.5. The Morgan fingerprint density at radius 2 is 1.65 bits per heavy atom. The van der Waals surface area contributed by atoms with E-state index < -0.39 is 28.5 Å². The van der Waals surface area contributed by atoms with Crippen molar-refractivity contribution in [3.05, 3.63) is 92.4 Å². The van der Waals surface area contributed by atoms with Gasteiger partial charge in [-0.25, -0.2) is 8.42 Å². The highest BCUT2D eigenvalue weighted by atomic mass is 79.9. The Bertz CT molecular complexity index is 1470. The normalized spacial score (nSPS) is 12.2. The van der Waals surface area contributed by atoms with Gasteiger partial charge in [-0.1, -0.05) is 82.8 Å². The number of sulfonamides is 1. The molecule has 0 fully saturated rings. The summed E-state index contributed by atoms with van der Waals surface area (Å²) in [6.07, 6.45) is 0. The molecular formula is C29H32BrCl2N3O4S. The number of rotatable bonds is 11. The van der Waals surface area contributed by atoms with Crippen LogP contribution in [0.15, 0.2) is 76.1 Å². The summed E-state index contributed by atoms with van der Waals surface area (Å²) >= 11 is 16.1. The molecule has 0 bridgehead atoms. The predicted octanol–water partition coefficient (Wildman–Crippen LogP) is 6.45. The molecule has 1 N–H and O–H groups in total. The molecule has 2 amide bonds. The summed E-state index contributed by atoms with van der Waals surface area (Å²) in [5.41, 5.74) is 1.70. The smallest absolute Gasteiger partial charge is 0.264 e. The van der Waals surface area contributed by atoms with E-state index >= 15 is 0 Å². The number of hydrogen-bond donors (Lipinski definition) is 1. The number of anilines is 1. The van der Waals surface area contributed by atoms with Crippen molar-refractivity contribution in [3.8, 4) is 0 Å². The average Bonchev–Trinajstić information content (AvgIpc) is 2.90. The molecule has 0 aromatic heterocycles. The van der Waals surface area contributed by atoms with Crippen molar-refractivity contribution in [1.82, 2.24) is 10.2 Å². The van der Waals surface area contributed by atoms with E-state index in [1.165, 1.54) is 35.2 Å². The van der Waals surface area contributed by atoms with Crippen molar-refractivity contribution >= 4 is 66.7 Å². The van der Waals surface area contributed by atoms with Crippen molar-refractivity contribution in [2.24, 2.45) is 5.92 Å². The number of amides is 2. The van der Waals surface area contributed by atoms with Crippen LogP contribution < -0.4 is 9.62 Å². The van der Waals surface area contributed by atoms with Gasteiger partial charge in [0, 0.05) is 22.6 Å². The van der Waals surface area contributed by atoms with Crippen LogP contribution >= 0.6 is 39.1 Å². The topological polar surface area (TPSA) is 86.8 Å². The van der Waals surface area contributed by atoms with E-state index in [0.717, 1.165) is 19.9 Å². The number of hydrogen-bond acceptors (Lipinski definition) is 4. The first-order chi connectivity index (χ1) is 18.8. The molecule has 1 unspecified atom stereocenters. The van der Waals surface area contributed by atoms with Gasteiger partial charge in [-0.15, -0.1) is 0 Å². The number of carbonyl (C=O) groups excluding carboxylic acids is 2. The average molecular weight is 669 g/mol. The Labute approximate surface area is 254 Å². The van der Waals surface area contributed by atoms with Crippen molar-refractivity contribution in [2.45, 2.75) is 45.2 Å². The lowest BCUT2D eigenvalue weighted by Gasteiger charge is -2.32. The first-order valence-corrected chi connectivity index (χ1v) is 15.6. The quantitative estimate of drug-likeness (QED) is 0.255. The minimum atomic E-state index is -4.25. The van der Waals surface area contributed by atoms with Gasteiger partial charge >= 0.3 is 0 Å². The first kappa shape index (κ1) is 31.9. The molecule has 3 aromatic rings. The van der Waals surface area contributed by atoms with E-state index in [4.69, 9.17) is 23.2 Å². The lowest BCUT2D eigenvalue weighted by atomic mass is 10.1. The van der Waals surface area contributed by atoms with Gasteiger partial charge in [0.15, 0.2) is 0 Å². The predicted molar refractivity (Wildman–Crippen MR) is 164 cm³/mol. The van der Waals surface area contributed by atoms with Crippen LogP contribution in [-0.2, 0) is 26.2 Å². The summed E-state index contributed by atoms with van der Waals surface area (Å²) < 4.78 is 29.6. The highest BCUT2D eigenvalue weighted by molar-refractivity contribution is 9.10. The molecular weight excluding hydrogens is 637 g/mol. The molecule has 3 aromatic carbocycles. The molecule has 0 aliphatic carbocycles. The van der Waals surface area contributed by atoms with Crippen molar-refractivity contribution < 1.29 is 18.0 Å². The van der Waals surface area contributed by atoms with Crippen LogP contribution in [0.25, 0.3) is 0 Å². The number of nitrogens with zero attached hydrogens (tertiary/aromatic N) is 2. The molecule has 0 spiro atoms. The van der Waals surface area contributed by atoms with Gasteiger partial charge in [0.25, 0.3) is 10.0 Å². The van der Waals surface area contributed by atoms with Crippen LogP contribution in [0.3, 0.4) is 0 Å². The highest BCUT2D eigenvalue weighted by Crippen LogP contribution is 2.33.